The third-order valence-electron chi connectivity index (χ3n) is 2.43. The number of aromatic nitrogens is 2. The smallest absolute Gasteiger partial charge is 0.307 e. The predicted octanol–water partition coefficient (Wildman–Crippen LogP) is 1.79. The largest absolute Gasteiger partial charge is 0.481 e. The third kappa shape index (κ3) is 3.41. The standard InChI is InChI=1S/C13H13N3O3/c1-8-11(7-15-13(14)16-8)19-10-4-2-3-9(5-10)6-12(17)18/h2-5,7H,6H2,1H3,(H,17,18)(H2,14,15,16). The Morgan fingerprint density at radius 3 is 2.95 bits per heavy atom. The van der Waals surface area contributed by atoms with Gasteiger partial charge in [0.1, 0.15) is 5.75 Å². The minimum absolute atomic E-state index is 0.0472. The van der Waals surface area contributed by atoms with Crippen LogP contribution in [0, 0.1) is 6.92 Å². The van der Waals surface area contributed by atoms with Crippen LogP contribution in [0.3, 0.4) is 0 Å². The number of hydrogen-bond donors (Lipinski definition) is 2. The summed E-state index contributed by atoms with van der Waals surface area (Å²) >= 11 is 0. The molecule has 98 valence electrons. The summed E-state index contributed by atoms with van der Waals surface area (Å²) in [4.78, 5) is 18.5. The molecule has 0 radical (unpaired) electrons. The minimum atomic E-state index is -0.885. The number of carboxylic acid groups (broad SMARTS) is 1. The molecule has 0 spiro atoms. The molecule has 1 heterocycles. The van der Waals surface area contributed by atoms with E-state index in [1.54, 1.807) is 31.2 Å². The first-order valence-electron chi connectivity index (χ1n) is 5.62. The maximum atomic E-state index is 10.7. The van der Waals surface area contributed by atoms with Crippen LogP contribution in [-0.4, -0.2) is 21.0 Å². The van der Waals surface area contributed by atoms with Crippen LogP contribution in [0.4, 0.5) is 5.95 Å². The molecule has 0 bridgehead atoms. The number of anilines is 1. The van der Waals surface area contributed by atoms with Crippen molar-refractivity contribution < 1.29 is 14.6 Å². The molecule has 0 saturated heterocycles. The molecule has 1 aromatic heterocycles. The second kappa shape index (κ2) is 5.34. The van der Waals surface area contributed by atoms with Gasteiger partial charge in [-0.15, -0.1) is 0 Å². The third-order valence-corrected chi connectivity index (χ3v) is 2.43. The molecule has 19 heavy (non-hydrogen) atoms. The summed E-state index contributed by atoms with van der Waals surface area (Å²) in [6.45, 7) is 1.76. The average Bonchev–Trinajstić information content (AvgIpc) is 2.32. The Kier molecular flexibility index (Phi) is 3.61. The summed E-state index contributed by atoms with van der Waals surface area (Å²) in [5, 5.41) is 8.75. The Labute approximate surface area is 109 Å². The van der Waals surface area contributed by atoms with Crippen LogP contribution < -0.4 is 10.5 Å². The molecule has 0 fully saturated rings. The van der Waals surface area contributed by atoms with E-state index in [1.807, 2.05) is 0 Å². The average molecular weight is 259 g/mol. The van der Waals surface area contributed by atoms with Gasteiger partial charge >= 0.3 is 5.97 Å². The maximum absolute atomic E-state index is 10.7. The number of aryl methyl sites for hydroxylation is 1. The molecule has 0 aliphatic rings. The van der Waals surface area contributed by atoms with Crippen LogP contribution in [0.2, 0.25) is 0 Å². The molecule has 1 aromatic carbocycles. The van der Waals surface area contributed by atoms with E-state index in [9.17, 15) is 4.79 Å². The molecule has 0 atom stereocenters. The topological polar surface area (TPSA) is 98.3 Å². The zero-order valence-electron chi connectivity index (χ0n) is 10.3. The Balaban J connectivity index is 2.21. The lowest BCUT2D eigenvalue weighted by Gasteiger charge is -2.08. The highest BCUT2D eigenvalue weighted by atomic mass is 16.5. The Morgan fingerprint density at radius 1 is 1.47 bits per heavy atom. The number of ether oxygens (including phenoxy) is 1. The second-order valence-corrected chi connectivity index (χ2v) is 4.00. The van der Waals surface area contributed by atoms with Gasteiger partial charge < -0.3 is 15.6 Å². The Bertz CT molecular complexity index is 614. The lowest BCUT2D eigenvalue weighted by Crippen LogP contribution is -2.01. The van der Waals surface area contributed by atoms with Crippen molar-refractivity contribution in [3.05, 3.63) is 41.7 Å². The summed E-state index contributed by atoms with van der Waals surface area (Å²) in [5.41, 5.74) is 6.74. The fourth-order valence-corrected chi connectivity index (χ4v) is 1.59. The lowest BCUT2D eigenvalue weighted by atomic mass is 10.1. The highest BCUT2D eigenvalue weighted by molar-refractivity contribution is 5.70. The SMILES string of the molecule is Cc1nc(N)ncc1Oc1cccc(CC(=O)O)c1. The van der Waals surface area contributed by atoms with Gasteiger partial charge in [-0.25, -0.2) is 9.97 Å². The van der Waals surface area contributed by atoms with E-state index in [2.05, 4.69) is 9.97 Å². The molecule has 0 aliphatic carbocycles. The summed E-state index contributed by atoms with van der Waals surface area (Å²) in [6.07, 6.45) is 1.44. The first-order valence-corrected chi connectivity index (χ1v) is 5.62. The van der Waals surface area contributed by atoms with Crippen LogP contribution in [-0.2, 0) is 11.2 Å². The van der Waals surface area contributed by atoms with Crippen molar-refractivity contribution in [1.82, 2.24) is 9.97 Å². The second-order valence-electron chi connectivity index (χ2n) is 4.00. The molecule has 0 unspecified atom stereocenters. The van der Waals surface area contributed by atoms with Crippen LogP contribution in [0.1, 0.15) is 11.3 Å². The van der Waals surface area contributed by atoms with Crippen LogP contribution in [0.5, 0.6) is 11.5 Å². The van der Waals surface area contributed by atoms with Gasteiger partial charge in [-0.05, 0) is 24.6 Å². The van der Waals surface area contributed by atoms with Gasteiger partial charge in [0.05, 0.1) is 18.3 Å². The fourth-order valence-electron chi connectivity index (χ4n) is 1.59. The van der Waals surface area contributed by atoms with Crippen molar-refractivity contribution in [3.8, 4) is 11.5 Å². The van der Waals surface area contributed by atoms with Crippen molar-refractivity contribution in [1.29, 1.82) is 0 Å². The van der Waals surface area contributed by atoms with E-state index in [-0.39, 0.29) is 12.4 Å². The molecule has 0 saturated carbocycles. The Morgan fingerprint density at radius 2 is 2.26 bits per heavy atom. The number of rotatable bonds is 4. The van der Waals surface area contributed by atoms with Gasteiger partial charge in [-0.1, -0.05) is 12.1 Å². The van der Waals surface area contributed by atoms with Crippen LogP contribution in [0.15, 0.2) is 30.5 Å². The zero-order valence-corrected chi connectivity index (χ0v) is 10.3. The number of hydrogen-bond acceptors (Lipinski definition) is 5. The highest BCUT2D eigenvalue weighted by Gasteiger charge is 2.06. The van der Waals surface area contributed by atoms with Crippen molar-refractivity contribution >= 4 is 11.9 Å². The molecular weight excluding hydrogens is 246 g/mol. The first-order chi connectivity index (χ1) is 9.04. The zero-order chi connectivity index (χ0) is 13.8. The normalized spacial score (nSPS) is 10.2. The number of nitrogen functional groups attached to an aromatic ring is 1. The monoisotopic (exact) mass is 259 g/mol. The number of benzene rings is 1. The van der Waals surface area contributed by atoms with Crippen molar-refractivity contribution in [2.45, 2.75) is 13.3 Å². The Hall–Kier alpha value is -2.63. The van der Waals surface area contributed by atoms with Crippen LogP contribution >= 0.6 is 0 Å². The lowest BCUT2D eigenvalue weighted by molar-refractivity contribution is -0.136. The maximum Gasteiger partial charge on any atom is 0.307 e. The molecular formula is C13H13N3O3. The van der Waals surface area contributed by atoms with Gasteiger partial charge in [0.2, 0.25) is 5.95 Å². The van der Waals surface area contributed by atoms with E-state index < -0.39 is 5.97 Å². The summed E-state index contributed by atoms with van der Waals surface area (Å²) in [6, 6.07) is 6.87. The van der Waals surface area contributed by atoms with E-state index in [4.69, 9.17) is 15.6 Å². The van der Waals surface area contributed by atoms with Gasteiger partial charge in [0.25, 0.3) is 0 Å². The molecule has 3 N–H and O–H groups in total. The fraction of sp³-hybridized carbons (Fsp3) is 0.154. The summed E-state index contributed by atoms with van der Waals surface area (Å²) < 4.78 is 5.61. The van der Waals surface area contributed by atoms with E-state index in [0.717, 1.165) is 0 Å². The van der Waals surface area contributed by atoms with E-state index in [1.165, 1.54) is 6.20 Å². The van der Waals surface area contributed by atoms with Crippen molar-refractivity contribution in [3.63, 3.8) is 0 Å². The predicted molar refractivity (Wildman–Crippen MR) is 69.0 cm³/mol. The molecule has 6 heteroatoms. The number of aliphatic carboxylic acids is 1. The number of nitrogens with two attached hydrogens (primary N) is 1. The summed E-state index contributed by atoms with van der Waals surface area (Å²) in [7, 11) is 0. The van der Waals surface area contributed by atoms with E-state index >= 15 is 0 Å². The molecule has 6 nitrogen and oxygen atoms in total. The molecule has 2 aromatic rings. The van der Waals surface area contributed by atoms with Gasteiger partial charge in [-0.3, -0.25) is 4.79 Å². The van der Waals surface area contributed by atoms with Crippen molar-refractivity contribution in [2.75, 3.05) is 5.73 Å². The quantitative estimate of drug-likeness (QED) is 0.868. The molecule has 2 rings (SSSR count). The van der Waals surface area contributed by atoms with Gasteiger partial charge in [0.15, 0.2) is 5.75 Å². The van der Waals surface area contributed by atoms with E-state index in [0.29, 0.717) is 22.8 Å². The molecule has 0 aliphatic heterocycles. The van der Waals surface area contributed by atoms with Gasteiger partial charge in [0, 0.05) is 0 Å². The first kappa shape index (κ1) is 12.8. The van der Waals surface area contributed by atoms with Crippen LogP contribution in [0.25, 0.3) is 0 Å². The summed E-state index contributed by atoms with van der Waals surface area (Å²) in [5.74, 6) is 0.325. The highest BCUT2D eigenvalue weighted by Crippen LogP contribution is 2.24. The number of nitrogens with zero attached hydrogens (tertiary/aromatic N) is 2. The number of carboxylic acids is 1. The molecule has 0 amide bonds. The number of carbonyl (C=O) groups is 1. The van der Waals surface area contributed by atoms with Gasteiger partial charge in [-0.2, -0.15) is 0 Å². The van der Waals surface area contributed by atoms with Crippen molar-refractivity contribution in [2.24, 2.45) is 0 Å². The minimum Gasteiger partial charge on any atom is -0.481 e.